The van der Waals surface area contributed by atoms with Gasteiger partial charge in [0.2, 0.25) is 0 Å². The van der Waals surface area contributed by atoms with Crippen LogP contribution in [0.1, 0.15) is 12.8 Å². The van der Waals surface area contributed by atoms with Gasteiger partial charge < -0.3 is 15.4 Å². The lowest BCUT2D eigenvalue weighted by atomic mass is 9.80. The van der Waals surface area contributed by atoms with Crippen molar-refractivity contribution >= 4 is 27.6 Å². The third kappa shape index (κ3) is 3.99. The number of nitrogens with two attached hydrogens (primary N) is 1. The summed E-state index contributed by atoms with van der Waals surface area (Å²) in [6.07, 6.45) is 2.89. The van der Waals surface area contributed by atoms with Crippen LogP contribution < -0.4 is 10.5 Å². The maximum Gasteiger partial charge on any atom is 0.387 e. The first-order valence-electron chi connectivity index (χ1n) is 10.9. The molecule has 2 aromatic carbocycles. The van der Waals surface area contributed by atoms with Crippen molar-refractivity contribution < 1.29 is 13.5 Å². The summed E-state index contributed by atoms with van der Waals surface area (Å²) in [6, 6.07) is 12.9. The van der Waals surface area contributed by atoms with Crippen LogP contribution in [-0.2, 0) is 6.54 Å². The van der Waals surface area contributed by atoms with E-state index in [0.29, 0.717) is 29.1 Å². The fraction of sp³-hybridized carbons (Fsp3) is 0.333. The van der Waals surface area contributed by atoms with E-state index in [1.54, 1.807) is 16.8 Å². The molecule has 0 unspecified atom stereocenters. The first-order valence-corrected chi connectivity index (χ1v) is 10.9. The Kier molecular flexibility index (Phi) is 5.49. The summed E-state index contributed by atoms with van der Waals surface area (Å²) in [6.45, 7) is -0.778. The molecule has 0 saturated carbocycles. The highest BCUT2D eigenvalue weighted by Gasteiger charge is 2.35. The zero-order chi connectivity index (χ0) is 23.9. The average molecular weight is 463 g/mol. The van der Waals surface area contributed by atoms with E-state index in [1.165, 1.54) is 12.4 Å². The van der Waals surface area contributed by atoms with Crippen molar-refractivity contribution in [2.24, 2.45) is 5.41 Å². The molecule has 34 heavy (non-hydrogen) atoms. The van der Waals surface area contributed by atoms with Crippen LogP contribution in [0.5, 0.6) is 5.75 Å². The van der Waals surface area contributed by atoms with Crippen LogP contribution in [0.2, 0.25) is 0 Å². The predicted molar refractivity (Wildman–Crippen MR) is 124 cm³/mol. The van der Waals surface area contributed by atoms with Crippen molar-refractivity contribution in [1.82, 2.24) is 24.6 Å². The van der Waals surface area contributed by atoms with E-state index in [-0.39, 0.29) is 5.75 Å². The SMILES string of the molecule is CN1CCC(C#N)(Cn2nc(-c3ccc4cc(OC(F)F)ccc4c3)c3c(N)ncnc32)CC1. The third-order valence-corrected chi connectivity index (χ3v) is 6.50. The lowest BCUT2D eigenvalue weighted by Crippen LogP contribution is -2.39. The largest absolute Gasteiger partial charge is 0.435 e. The van der Waals surface area contributed by atoms with E-state index in [4.69, 9.17) is 10.8 Å². The van der Waals surface area contributed by atoms with Crippen LogP contribution >= 0.6 is 0 Å². The summed E-state index contributed by atoms with van der Waals surface area (Å²) < 4.78 is 31.4. The Morgan fingerprint density at radius 2 is 1.88 bits per heavy atom. The van der Waals surface area contributed by atoms with Crippen LogP contribution in [0, 0.1) is 16.7 Å². The summed E-state index contributed by atoms with van der Waals surface area (Å²) in [7, 11) is 2.05. The summed E-state index contributed by atoms with van der Waals surface area (Å²) in [5.41, 5.74) is 7.69. The third-order valence-electron chi connectivity index (χ3n) is 6.50. The molecule has 8 nitrogen and oxygen atoms in total. The summed E-state index contributed by atoms with van der Waals surface area (Å²) in [5, 5.41) is 17.1. The monoisotopic (exact) mass is 463 g/mol. The second-order valence-electron chi connectivity index (χ2n) is 8.76. The topological polar surface area (TPSA) is 106 Å². The summed E-state index contributed by atoms with van der Waals surface area (Å²) >= 11 is 0. The summed E-state index contributed by atoms with van der Waals surface area (Å²) in [5.74, 6) is 0.406. The molecule has 2 N–H and O–H groups in total. The van der Waals surface area contributed by atoms with Gasteiger partial charge in [0.1, 0.15) is 23.6 Å². The molecule has 1 aliphatic heterocycles. The standard InChI is InChI=1S/C24H23F2N7O/c1-32-8-6-24(12-27,7-9-32)13-33-22-19(21(28)29-14-30-22)20(31-33)17-3-2-16-11-18(34-23(25)26)5-4-15(16)10-17/h2-5,10-11,14,23H,6-9,13H2,1H3,(H2,28,29,30). The van der Waals surface area contributed by atoms with Gasteiger partial charge in [-0.3, -0.25) is 0 Å². The van der Waals surface area contributed by atoms with Gasteiger partial charge in [0.05, 0.1) is 23.4 Å². The van der Waals surface area contributed by atoms with Crippen LogP contribution in [0.4, 0.5) is 14.6 Å². The molecule has 174 valence electrons. The number of likely N-dealkylation sites (tertiary alicyclic amines) is 1. The second-order valence-corrected chi connectivity index (χ2v) is 8.76. The van der Waals surface area contributed by atoms with Crippen molar-refractivity contribution in [1.29, 1.82) is 5.26 Å². The zero-order valence-electron chi connectivity index (χ0n) is 18.6. The van der Waals surface area contributed by atoms with Gasteiger partial charge in [-0.2, -0.15) is 19.1 Å². The normalized spacial score (nSPS) is 16.2. The molecule has 1 aliphatic rings. The fourth-order valence-corrected chi connectivity index (χ4v) is 4.53. The zero-order valence-corrected chi connectivity index (χ0v) is 18.6. The second kappa shape index (κ2) is 8.50. The lowest BCUT2D eigenvalue weighted by molar-refractivity contribution is -0.0497. The number of rotatable bonds is 5. The number of hydrogen-bond donors (Lipinski definition) is 1. The van der Waals surface area contributed by atoms with Crippen molar-refractivity contribution in [2.45, 2.75) is 26.0 Å². The first kappa shape index (κ1) is 22.0. The Morgan fingerprint density at radius 1 is 1.15 bits per heavy atom. The molecule has 10 heteroatoms. The molecular formula is C24H23F2N7O. The van der Waals surface area contributed by atoms with Gasteiger partial charge in [-0.15, -0.1) is 0 Å². The summed E-state index contributed by atoms with van der Waals surface area (Å²) in [4.78, 5) is 10.8. The average Bonchev–Trinajstić information content (AvgIpc) is 3.19. The van der Waals surface area contributed by atoms with E-state index >= 15 is 0 Å². The first-order chi connectivity index (χ1) is 16.4. The van der Waals surface area contributed by atoms with Crippen LogP contribution in [0.3, 0.4) is 0 Å². The fourth-order valence-electron chi connectivity index (χ4n) is 4.53. The van der Waals surface area contributed by atoms with E-state index < -0.39 is 12.0 Å². The van der Waals surface area contributed by atoms with Crippen molar-refractivity contribution in [3.8, 4) is 23.1 Å². The van der Waals surface area contributed by atoms with Gasteiger partial charge in [-0.25, -0.2) is 14.6 Å². The van der Waals surface area contributed by atoms with Crippen LogP contribution in [0.15, 0.2) is 42.7 Å². The number of aromatic nitrogens is 4. The molecule has 0 aliphatic carbocycles. The number of nitriles is 1. The van der Waals surface area contributed by atoms with Gasteiger partial charge >= 0.3 is 6.61 Å². The maximum atomic E-state index is 12.6. The number of anilines is 1. The van der Waals surface area contributed by atoms with E-state index in [0.717, 1.165) is 42.3 Å². The molecule has 0 radical (unpaired) electrons. The highest BCUT2D eigenvalue weighted by molar-refractivity contribution is 6.00. The van der Waals surface area contributed by atoms with Crippen molar-refractivity contribution in [2.75, 3.05) is 25.9 Å². The van der Waals surface area contributed by atoms with Gasteiger partial charge in [-0.05, 0) is 62.0 Å². The van der Waals surface area contributed by atoms with Gasteiger partial charge in [0.15, 0.2) is 5.65 Å². The smallest absolute Gasteiger partial charge is 0.387 e. The molecule has 0 atom stereocenters. The Labute approximate surface area is 194 Å². The van der Waals surface area contributed by atoms with Crippen LogP contribution in [0.25, 0.3) is 33.1 Å². The highest BCUT2D eigenvalue weighted by atomic mass is 19.3. The molecule has 3 heterocycles. The number of benzene rings is 2. The number of piperidine rings is 1. The quantitative estimate of drug-likeness (QED) is 0.476. The number of fused-ring (bicyclic) bond motifs is 2. The van der Waals surface area contributed by atoms with Gasteiger partial charge in [0.25, 0.3) is 0 Å². The Morgan fingerprint density at radius 3 is 2.62 bits per heavy atom. The molecular weight excluding hydrogens is 440 g/mol. The molecule has 0 bridgehead atoms. The molecule has 0 amide bonds. The molecule has 4 aromatic rings. The Bertz CT molecular complexity index is 1400. The van der Waals surface area contributed by atoms with E-state index in [2.05, 4.69) is 32.7 Å². The van der Waals surface area contributed by atoms with Crippen LogP contribution in [-0.4, -0.2) is 51.4 Å². The maximum absolute atomic E-state index is 12.6. The highest BCUT2D eigenvalue weighted by Crippen LogP contribution is 2.37. The number of nitrogens with zero attached hydrogens (tertiary/aromatic N) is 6. The van der Waals surface area contributed by atoms with E-state index in [9.17, 15) is 14.0 Å². The van der Waals surface area contributed by atoms with Crippen molar-refractivity contribution in [3.63, 3.8) is 0 Å². The minimum absolute atomic E-state index is 0.0996. The Hall–Kier alpha value is -3.84. The molecule has 1 saturated heterocycles. The molecule has 1 fully saturated rings. The minimum Gasteiger partial charge on any atom is -0.435 e. The van der Waals surface area contributed by atoms with E-state index in [1.807, 2.05) is 18.2 Å². The number of alkyl halides is 2. The lowest BCUT2D eigenvalue weighted by Gasteiger charge is -2.35. The number of ether oxygens (including phenoxy) is 1. The Balaban J connectivity index is 1.58. The number of hydrogen-bond acceptors (Lipinski definition) is 7. The van der Waals surface area contributed by atoms with Crippen molar-refractivity contribution in [3.05, 3.63) is 42.7 Å². The van der Waals surface area contributed by atoms with Gasteiger partial charge in [0, 0.05) is 5.56 Å². The minimum atomic E-state index is -2.88. The number of nitrogen functional groups attached to an aromatic ring is 1. The molecule has 2 aromatic heterocycles. The van der Waals surface area contributed by atoms with Gasteiger partial charge in [-0.1, -0.05) is 18.2 Å². The predicted octanol–water partition coefficient (Wildman–Crippen LogP) is 4.07. The number of halogens is 2. The molecule has 5 rings (SSSR count). The molecule has 0 spiro atoms.